The lowest BCUT2D eigenvalue weighted by atomic mass is 9.97. The number of methoxy groups -OCH3 is 1. The molecule has 0 aromatic heterocycles. The van der Waals surface area contributed by atoms with E-state index in [1.807, 2.05) is 13.1 Å². The molecule has 0 aliphatic carbocycles. The lowest BCUT2D eigenvalue weighted by Gasteiger charge is -2.21. The van der Waals surface area contributed by atoms with Gasteiger partial charge in [0.15, 0.2) is 0 Å². The van der Waals surface area contributed by atoms with Crippen LogP contribution in [0.5, 0.6) is 5.75 Å². The summed E-state index contributed by atoms with van der Waals surface area (Å²) in [6, 6.07) is 1.82. The Bertz CT molecular complexity index is 407. The van der Waals surface area contributed by atoms with Crippen molar-refractivity contribution < 1.29 is 13.9 Å². The molecule has 0 unspecified atom stereocenters. The van der Waals surface area contributed by atoms with Crippen molar-refractivity contribution >= 4 is 0 Å². The second-order valence-electron chi connectivity index (χ2n) is 4.17. The quantitative estimate of drug-likeness (QED) is 0.867. The highest BCUT2D eigenvalue weighted by Crippen LogP contribution is 2.31. The van der Waals surface area contributed by atoms with E-state index in [4.69, 9.17) is 9.47 Å². The van der Waals surface area contributed by atoms with Crippen LogP contribution in [-0.2, 0) is 24.2 Å². The second-order valence-corrected chi connectivity index (χ2v) is 4.17. The molecule has 1 N–H and O–H groups in total. The molecule has 4 heteroatoms. The number of fused-ring (bicyclic) bond motifs is 1. The van der Waals surface area contributed by atoms with Crippen molar-refractivity contribution in [3.8, 4) is 5.75 Å². The molecular formula is C13H18FNO2. The number of rotatable bonds is 4. The predicted molar refractivity (Wildman–Crippen MR) is 63.9 cm³/mol. The SMILES string of the molecule is CNCCc1cc(OC)c2c(c1F)COCC2. The van der Waals surface area contributed by atoms with Crippen molar-refractivity contribution in [3.63, 3.8) is 0 Å². The highest BCUT2D eigenvalue weighted by Gasteiger charge is 2.21. The maximum absolute atomic E-state index is 14.2. The summed E-state index contributed by atoms with van der Waals surface area (Å²) in [6.07, 6.45) is 1.38. The first-order valence-corrected chi connectivity index (χ1v) is 5.87. The van der Waals surface area contributed by atoms with Crippen molar-refractivity contribution in [2.45, 2.75) is 19.4 Å². The molecule has 1 aromatic carbocycles. The summed E-state index contributed by atoms with van der Waals surface area (Å²) in [5, 5.41) is 3.02. The molecule has 3 nitrogen and oxygen atoms in total. The van der Waals surface area contributed by atoms with Crippen LogP contribution in [-0.4, -0.2) is 27.3 Å². The average molecular weight is 239 g/mol. The van der Waals surface area contributed by atoms with Gasteiger partial charge in [0.25, 0.3) is 0 Å². The standard InChI is InChI=1S/C13H18FNO2/c1-15-5-3-9-7-12(16-2)10-4-6-17-8-11(10)13(9)14/h7,15H,3-6,8H2,1-2H3. The molecule has 0 saturated carbocycles. The van der Waals surface area contributed by atoms with E-state index in [0.29, 0.717) is 30.8 Å². The lowest BCUT2D eigenvalue weighted by molar-refractivity contribution is 0.106. The minimum absolute atomic E-state index is 0.129. The van der Waals surface area contributed by atoms with Crippen LogP contribution in [0.1, 0.15) is 16.7 Å². The van der Waals surface area contributed by atoms with Gasteiger partial charge in [-0.15, -0.1) is 0 Å². The van der Waals surface area contributed by atoms with Gasteiger partial charge in [-0.1, -0.05) is 0 Å². The Balaban J connectivity index is 2.41. The normalized spacial score (nSPS) is 14.5. The van der Waals surface area contributed by atoms with Crippen LogP contribution in [0.15, 0.2) is 6.07 Å². The summed E-state index contributed by atoms with van der Waals surface area (Å²) in [5.74, 6) is 0.659. The fourth-order valence-electron chi connectivity index (χ4n) is 2.18. The number of halogens is 1. The summed E-state index contributed by atoms with van der Waals surface area (Å²) in [5.41, 5.74) is 2.33. The molecule has 2 rings (SSSR count). The Hall–Kier alpha value is -1.13. The number of hydrogen-bond donors (Lipinski definition) is 1. The van der Waals surface area contributed by atoms with Crippen LogP contribution in [0.4, 0.5) is 4.39 Å². The first-order chi connectivity index (χ1) is 8.27. The van der Waals surface area contributed by atoms with E-state index in [0.717, 1.165) is 24.3 Å². The summed E-state index contributed by atoms with van der Waals surface area (Å²) in [4.78, 5) is 0. The topological polar surface area (TPSA) is 30.5 Å². The van der Waals surface area contributed by atoms with Gasteiger partial charge in [0.1, 0.15) is 11.6 Å². The van der Waals surface area contributed by atoms with Gasteiger partial charge in [-0.05, 0) is 38.1 Å². The van der Waals surface area contributed by atoms with Gasteiger partial charge in [-0.2, -0.15) is 0 Å². The molecule has 0 bridgehead atoms. The molecule has 0 spiro atoms. The van der Waals surface area contributed by atoms with Gasteiger partial charge in [0.05, 0.1) is 20.3 Å². The molecule has 0 radical (unpaired) electrons. The number of hydrogen-bond acceptors (Lipinski definition) is 3. The molecule has 94 valence electrons. The smallest absolute Gasteiger partial charge is 0.132 e. The predicted octanol–water partition coefficient (Wildman–Crippen LogP) is 1.67. The highest BCUT2D eigenvalue weighted by molar-refractivity contribution is 5.46. The fourth-order valence-corrected chi connectivity index (χ4v) is 2.18. The van der Waals surface area contributed by atoms with Gasteiger partial charge in [-0.3, -0.25) is 0 Å². The van der Waals surface area contributed by atoms with E-state index in [9.17, 15) is 4.39 Å². The summed E-state index contributed by atoms with van der Waals surface area (Å²) in [6.45, 7) is 1.74. The summed E-state index contributed by atoms with van der Waals surface area (Å²) < 4.78 is 24.9. The van der Waals surface area contributed by atoms with Gasteiger partial charge in [0, 0.05) is 11.1 Å². The molecule has 0 saturated heterocycles. The Morgan fingerprint density at radius 1 is 1.47 bits per heavy atom. The minimum Gasteiger partial charge on any atom is -0.496 e. The molecule has 1 aliphatic rings. The number of ether oxygens (including phenoxy) is 2. The van der Waals surface area contributed by atoms with Crippen LogP contribution in [0.3, 0.4) is 0 Å². The van der Waals surface area contributed by atoms with Crippen molar-refractivity contribution in [2.75, 3.05) is 27.3 Å². The van der Waals surface area contributed by atoms with Gasteiger partial charge >= 0.3 is 0 Å². The van der Waals surface area contributed by atoms with Crippen LogP contribution < -0.4 is 10.1 Å². The van der Waals surface area contributed by atoms with Crippen molar-refractivity contribution in [1.82, 2.24) is 5.32 Å². The molecule has 0 atom stereocenters. The molecule has 0 fully saturated rings. The Morgan fingerprint density at radius 2 is 2.29 bits per heavy atom. The zero-order valence-corrected chi connectivity index (χ0v) is 10.3. The molecular weight excluding hydrogens is 221 g/mol. The van der Waals surface area contributed by atoms with Crippen LogP contribution >= 0.6 is 0 Å². The monoisotopic (exact) mass is 239 g/mol. The Morgan fingerprint density at radius 3 is 3.00 bits per heavy atom. The summed E-state index contributed by atoms with van der Waals surface area (Å²) in [7, 11) is 3.49. The first-order valence-electron chi connectivity index (χ1n) is 5.87. The third-order valence-corrected chi connectivity index (χ3v) is 3.12. The third-order valence-electron chi connectivity index (χ3n) is 3.12. The number of likely N-dealkylation sites (N-methyl/N-ethyl adjacent to an activating group) is 1. The maximum Gasteiger partial charge on any atom is 0.132 e. The zero-order chi connectivity index (χ0) is 12.3. The van der Waals surface area contributed by atoms with E-state index in [2.05, 4.69) is 5.32 Å². The maximum atomic E-state index is 14.2. The zero-order valence-electron chi connectivity index (χ0n) is 10.3. The molecule has 0 amide bonds. The van der Waals surface area contributed by atoms with Crippen LogP contribution in [0, 0.1) is 5.82 Å². The van der Waals surface area contributed by atoms with Crippen molar-refractivity contribution in [1.29, 1.82) is 0 Å². The van der Waals surface area contributed by atoms with Crippen molar-refractivity contribution in [2.24, 2.45) is 0 Å². The molecule has 1 aromatic rings. The van der Waals surface area contributed by atoms with E-state index in [-0.39, 0.29) is 5.82 Å². The van der Waals surface area contributed by atoms with E-state index < -0.39 is 0 Å². The number of benzene rings is 1. The highest BCUT2D eigenvalue weighted by atomic mass is 19.1. The largest absolute Gasteiger partial charge is 0.496 e. The van der Waals surface area contributed by atoms with E-state index >= 15 is 0 Å². The average Bonchev–Trinajstić information content (AvgIpc) is 2.38. The van der Waals surface area contributed by atoms with Gasteiger partial charge in [-0.25, -0.2) is 4.39 Å². The van der Waals surface area contributed by atoms with Gasteiger partial charge in [0.2, 0.25) is 0 Å². The molecule has 17 heavy (non-hydrogen) atoms. The fraction of sp³-hybridized carbons (Fsp3) is 0.538. The summed E-state index contributed by atoms with van der Waals surface area (Å²) >= 11 is 0. The lowest BCUT2D eigenvalue weighted by Crippen LogP contribution is -2.17. The van der Waals surface area contributed by atoms with Crippen LogP contribution in [0.2, 0.25) is 0 Å². The van der Waals surface area contributed by atoms with E-state index in [1.165, 1.54) is 0 Å². The Labute approximate surface area is 101 Å². The molecule has 1 aliphatic heterocycles. The second kappa shape index (κ2) is 5.47. The van der Waals surface area contributed by atoms with Gasteiger partial charge < -0.3 is 14.8 Å². The first kappa shape index (κ1) is 12.3. The third kappa shape index (κ3) is 2.42. The van der Waals surface area contributed by atoms with Crippen LogP contribution in [0.25, 0.3) is 0 Å². The minimum atomic E-state index is -0.129. The Kier molecular flexibility index (Phi) is 3.97. The van der Waals surface area contributed by atoms with Crippen molar-refractivity contribution in [3.05, 3.63) is 28.6 Å². The molecule has 1 heterocycles. The van der Waals surface area contributed by atoms with E-state index in [1.54, 1.807) is 7.11 Å². The number of nitrogens with one attached hydrogen (secondary N) is 1.